The van der Waals surface area contributed by atoms with E-state index in [1.807, 2.05) is 38.1 Å². The summed E-state index contributed by atoms with van der Waals surface area (Å²) in [4.78, 5) is 26.8. The highest BCUT2D eigenvalue weighted by atomic mass is 32.2. The highest BCUT2D eigenvalue weighted by Gasteiger charge is 2.21. The molecule has 0 unspecified atom stereocenters. The lowest BCUT2D eigenvalue weighted by molar-refractivity contribution is -0.121. The summed E-state index contributed by atoms with van der Waals surface area (Å²) in [5.74, 6) is -1.28. The van der Waals surface area contributed by atoms with E-state index < -0.39 is 28.5 Å². The number of nitrogens with zero attached hydrogens (tertiary/aromatic N) is 2. The number of esters is 1. The van der Waals surface area contributed by atoms with Gasteiger partial charge in [-0.25, -0.2) is 17.9 Å². The number of sulfonamides is 1. The zero-order valence-corrected chi connectivity index (χ0v) is 19.5. The average Bonchev–Trinajstić information content (AvgIpc) is 2.71. The van der Waals surface area contributed by atoms with E-state index in [0.717, 1.165) is 11.1 Å². The molecular weight excluding hydrogens is 430 g/mol. The Morgan fingerprint density at radius 2 is 1.75 bits per heavy atom. The average molecular weight is 458 g/mol. The second kappa shape index (κ2) is 10.9. The number of hydrogen-bond acceptors (Lipinski definition) is 6. The first-order valence-corrected chi connectivity index (χ1v) is 11.6. The van der Waals surface area contributed by atoms with Gasteiger partial charge in [-0.2, -0.15) is 5.26 Å². The second-order valence-electron chi connectivity index (χ2n) is 7.35. The highest BCUT2D eigenvalue weighted by Crippen LogP contribution is 2.20. The monoisotopic (exact) mass is 457 g/mol. The maximum atomic E-state index is 12.8. The number of aryl methyl sites for hydroxylation is 3. The Morgan fingerprint density at radius 1 is 1.09 bits per heavy atom. The minimum absolute atomic E-state index is 0.0610. The SMILES string of the molecule is CCNS(=O)(=O)c1ccc(C)c(C(=O)OCC(=O)N(CCC#N)c2cc(C)cc(C)c2)c1. The fourth-order valence-corrected chi connectivity index (χ4v) is 4.28. The minimum Gasteiger partial charge on any atom is -0.452 e. The van der Waals surface area contributed by atoms with Crippen LogP contribution in [0, 0.1) is 32.1 Å². The summed E-state index contributed by atoms with van der Waals surface area (Å²) in [5.41, 5.74) is 3.12. The van der Waals surface area contributed by atoms with E-state index in [9.17, 15) is 18.0 Å². The first kappa shape index (κ1) is 25.0. The molecule has 0 atom stereocenters. The van der Waals surface area contributed by atoms with E-state index in [4.69, 9.17) is 10.00 Å². The topological polar surface area (TPSA) is 117 Å². The third-order valence-electron chi connectivity index (χ3n) is 4.67. The number of ether oxygens (including phenoxy) is 1. The highest BCUT2D eigenvalue weighted by molar-refractivity contribution is 7.89. The van der Waals surface area contributed by atoms with Crippen molar-refractivity contribution < 1.29 is 22.7 Å². The third-order valence-corrected chi connectivity index (χ3v) is 6.21. The molecule has 0 saturated carbocycles. The van der Waals surface area contributed by atoms with Crippen LogP contribution >= 0.6 is 0 Å². The van der Waals surface area contributed by atoms with Gasteiger partial charge in [0.15, 0.2) is 6.61 Å². The lowest BCUT2D eigenvalue weighted by Gasteiger charge is -2.22. The van der Waals surface area contributed by atoms with Crippen molar-refractivity contribution in [2.45, 2.75) is 39.0 Å². The van der Waals surface area contributed by atoms with Crippen molar-refractivity contribution in [2.24, 2.45) is 0 Å². The lowest BCUT2D eigenvalue weighted by Crippen LogP contribution is -2.35. The number of amides is 1. The molecule has 0 fully saturated rings. The summed E-state index contributed by atoms with van der Waals surface area (Å²) in [7, 11) is -3.75. The van der Waals surface area contributed by atoms with Gasteiger partial charge in [-0.05, 0) is 61.7 Å². The molecule has 170 valence electrons. The van der Waals surface area contributed by atoms with Crippen LogP contribution in [0.3, 0.4) is 0 Å². The van der Waals surface area contributed by atoms with Gasteiger partial charge in [0.1, 0.15) is 0 Å². The Bertz CT molecular complexity index is 1130. The van der Waals surface area contributed by atoms with Gasteiger partial charge < -0.3 is 9.64 Å². The normalized spacial score (nSPS) is 11.0. The number of nitriles is 1. The smallest absolute Gasteiger partial charge is 0.338 e. The van der Waals surface area contributed by atoms with Crippen LogP contribution in [0.1, 0.15) is 40.4 Å². The molecule has 0 aliphatic carbocycles. The summed E-state index contributed by atoms with van der Waals surface area (Å²) in [5, 5.41) is 8.95. The molecule has 2 aromatic carbocycles. The van der Waals surface area contributed by atoms with E-state index in [0.29, 0.717) is 11.3 Å². The Labute approximate surface area is 188 Å². The van der Waals surface area contributed by atoms with E-state index in [2.05, 4.69) is 4.72 Å². The maximum absolute atomic E-state index is 12.8. The van der Waals surface area contributed by atoms with Gasteiger partial charge in [-0.1, -0.05) is 19.1 Å². The predicted octanol–water partition coefficient (Wildman–Crippen LogP) is 3.01. The number of benzene rings is 2. The van der Waals surface area contributed by atoms with Crippen LogP contribution < -0.4 is 9.62 Å². The summed E-state index contributed by atoms with van der Waals surface area (Å²) < 4.78 is 32.1. The van der Waals surface area contributed by atoms with Crippen molar-refractivity contribution in [1.29, 1.82) is 5.26 Å². The first-order chi connectivity index (χ1) is 15.1. The van der Waals surface area contributed by atoms with Crippen LogP contribution in [0.15, 0.2) is 41.3 Å². The summed E-state index contributed by atoms with van der Waals surface area (Å²) in [6.45, 7) is 6.94. The van der Waals surface area contributed by atoms with Gasteiger partial charge in [0.25, 0.3) is 5.91 Å². The molecule has 0 spiro atoms. The maximum Gasteiger partial charge on any atom is 0.338 e. The van der Waals surface area contributed by atoms with Gasteiger partial charge in [-0.3, -0.25) is 4.79 Å². The molecule has 1 N–H and O–H groups in total. The number of nitrogens with one attached hydrogen (secondary N) is 1. The zero-order chi connectivity index (χ0) is 23.9. The van der Waals surface area contributed by atoms with Gasteiger partial charge in [0, 0.05) is 18.8 Å². The number of anilines is 1. The molecule has 32 heavy (non-hydrogen) atoms. The number of carbonyl (C=O) groups excluding carboxylic acids is 2. The summed E-state index contributed by atoms with van der Waals surface area (Å²) in [6.07, 6.45) is 0.121. The van der Waals surface area contributed by atoms with Crippen LogP contribution in [0.25, 0.3) is 0 Å². The molecule has 0 saturated heterocycles. The van der Waals surface area contributed by atoms with Crippen molar-refractivity contribution in [1.82, 2.24) is 4.72 Å². The van der Waals surface area contributed by atoms with Crippen LogP contribution in [0.4, 0.5) is 5.69 Å². The Hall–Kier alpha value is -3.22. The van der Waals surface area contributed by atoms with E-state index in [1.54, 1.807) is 13.8 Å². The number of hydrogen-bond donors (Lipinski definition) is 1. The van der Waals surface area contributed by atoms with Gasteiger partial charge >= 0.3 is 5.97 Å². The fourth-order valence-electron chi connectivity index (χ4n) is 3.21. The molecule has 9 heteroatoms. The van der Waals surface area contributed by atoms with Crippen molar-refractivity contribution in [3.05, 3.63) is 58.7 Å². The molecule has 0 radical (unpaired) electrons. The van der Waals surface area contributed by atoms with E-state index >= 15 is 0 Å². The molecule has 8 nitrogen and oxygen atoms in total. The standard InChI is InChI=1S/C23H27N3O5S/c1-5-25-32(29,30)20-8-7-18(4)21(14-20)23(28)31-15-22(27)26(10-6-9-24)19-12-16(2)11-17(3)13-19/h7-8,11-14,25H,5-6,10,15H2,1-4H3. The van der Waals surface area contributed by atoms with Gasteiger partial charge in [0.2, 0.25) is 10.0 Å². The Balaban J connectivity index is 2.21. The fraction of sp³-hybridized carbons (Fsp3) is 0.348. The molecule has 2 aromatic rings. The summed E-state index contributed by atoms with van der Waals surface area (Å²) >= 11 is 0. The van der Waals surface area contributed by atoms with Crippen molar-refractivity contribution in [3.63, 3.8) is 0 Å². The van der Waals surface area contributed by atoms with Crippen molar-refractivity contribution in [3.8, 4) is 6.07 Å². The Kier molecular flexibility index (Phi) is 8.52. The van der Waals surface area contributed by atoms with Crippen LogP contribution in [0.2, 0.25) is 0 Å². The minimum atomic E-state index is -3.75. The molecule has 0 heterocycles. The quantitative estimate of drug-likeness (QED) is 0.579. The molecule has 0 bridgehead atoms. The first-order valence-electron chi connectivity index (χ1n) is 10.1. The molecule has 0 aliphatic heterocycles. The molecular formula is C23H27N3O5S. The van der Waals surface area contributed by atoms with E-state index in [-0.39, 0.29) is 30.0 Å². The number of rotatable bonds is 9. The van der Waals surface area contributed by atoms with Crippen molar-refractivity contribution >= 4 is 27.6 Å². The molecule has 2 rings (SSSR count). The van der Waals surface area contributed by atoms with E-state index in [1.165, 1.54) is 23.1 Å². The zero-order valence-electron chi connectivity index (χ0n) is 18.6. The Morgan fingerprint density at radius 3 is 2.34 bits per heavy atom. The molecule has 0 aliphatic rings. The predicted molar refractivity (Wildman–Crippen MR) is 121 cm³/mol. The summed E-state index contributed by atoms with van der Waals surface area (Å²) in [6, 6.07) is 11.8. The van der Waals surface area contributed by atoms with Gasteiger partial charge in [0.05, 0.1) is 22.9 Å². The second-order valence-corrected chi connectivity index (χ2v) is 9.12. The van der Waals surface area contributed by atoms with Crippen LogP contribution in [-0.2, 0) is 19.6 Å². The largest absolute Gasteiger partial charge is 0.452 e. The van der Waals surface area contributed by atoms with Gasteiger partial charge in [-0.15, -0.1) is 0 Å². The van der Waals surface area contributed by atoms with Crippen molar-refractivity contribution in [2.75, 3.05) is 24.6 Å². The third kappa shape index (κ3) is 6.39. The number of carbonyl (C=O) groups is 2. The van der Waals surface area contributed by atoms with Crippen LogP contribution in [0.5, 0.6) is 0 Å². The molecule has 0 aromatic heterocycles. The lowest BCUT2D eigenvalue weighted by atomic mass is 10.1. The van der Waals surface area contributed by atoms with Crippen LogP contribution in [-0.4, -0.2) is 40.0 Å². The molecule has 1 amide bonds.